The second-order valence-corrected chi connectivity index (χ2v) is 14.9. The maximum Gasteiger partial charge on any atom is 0.0126 e. The van der Waals surface area contributed by atoms with Gasteiger partial charge in [-0.2, -0.15) is 0 Å². The lowest BCUT2D eigenvalue weighted by atomic mass is 9.92. The zero-order valence-corrected chi connectivity index (χ0v) is 26.0. The van der Waals surface area contributed by atoms with Crippen LogP contribution in [0.3, 0.4) is 0 Å². The molecule has 0 aliphatic carbocycles. The van der Waals surface area contributed by atoms with E-state index in [2.05, 4.69) is 89.0 Å². The lowest BCUT2D eigenvalue weighted by molar-refractivity contribution is 0.0735. The van der Waals surface area contributed by atoms with Gasteiger partial charge in [-0.25, -0.2) is 0 Å². The smallest absolute Gasteiger partial charge is 0.0126 e. The molecule has 0 unspecified atom stereocenters. The van der Waals surface area contributed by atoms with Gasteiger partial charge in [0.2, 0.25) is 0 Å². The maximum absolute atomic E-state index is 2.62. The molecule has 3 heterocycles. The normalized spacial score (nSPS) is 20.4. The molecule has 3 rings (SSSR count). The Bertz CT molecular complexity index is 474. The zero-order chi connectivity index (χ0) is 26.5. The molecule has 4 heteroatoms. The summed E-state index contributed by atoms with van der Waals surface area (Å²) in [5.41, 5.74) is 1.39. The highest BCUT2D eigenvalue weighted by molar-refractivity contribution is 4.80. The number of likely N-dealkylation sites (N-methyl/N-ethyl adjacent to an activating group) is 1. The third-order valence-corrected chi connectivity index (χ3v) is 7.71. The molecule has 0 aromatic rings. The Kier molecular flexibility index (Phi) is 23.0. The van der Waals surface area contributed by atoms with Gasteiger partial charge in [0.05, 0.1) is 0 Å². The van der Waals surface area contributed by atoms with E-state index in [0.29, 0.717) is 16.4 Å². The van der Waals surface area contributed by atoms with Gasteiger partial charge >= 0.3 is 0 Å². The molecule has 0 spiro atoms. The Balaban J connectivity index is -0.000000466. The van der Waals surface area contributed by atoms with Crippen molar-refractivity contribution in [1.29, 1.82) is 0 Å². The third-order valence-electron chi connectivity index (χ3n) is 7.71. The maximum atomic E-state index is 2.62. The van der Waals surface area contributed by atoms with Gasteiger partial charge in [0.15, 0.2) is 0 Å². The van der Waals surface area contributed by atoms with Crippen LogP contribution in [0.15, 0.2) is 0 Å². The molecule has 0 aromatic heterocycles. The van der Waals surface area contributed by atoms with Crippen LogP contribution in [0.4, 0.5) is 0 Å². The van der Waals surface area contributed by atoms with Crippen LogP contribution in [0.5, 0.6) is 0 Å². The van der Waals surface area contributed by atoms with Crippen molar-refractivity contribution < 1.29 is 0 Å². The van der Waals surface area contributed by atoms with Crippen LogP contribution in [0, 0.1) is 10.8 Å². The van der Waals surface area contributed by atoms with Gasteiger partial charge in [-0.15, -0.1) is 0 Å². The number of likely N-dealkylation sites (tertiary alicyclic amines) is 2. The fourth-order valence-corrected chi connectivity index (χ4v) is 4.83. The molecule has 3 aliphatic rings. The van der Waals surface area contributed by atoms with Gasteiger partial charge in [0, 0.05) is 31.7 Å². The standard InChI is InChI=1S/2C11H23N.C9H20N2.3CH4/c2*1-11(2,3)7-10-12-8-5-4-6-9-12;1-9(2,3)11-7-5-10(4)6-8-11;;;/h2*4-10H2,1-3H3;5-8H2,1-4H3;3*1H4. The van der Waals surface area contributed by atoms with Gasteiger partial charge in [-0.3, -0.25) is 4.90 Å². The Morgan fingerprint density at radius 2 is 0.763 bits per heavy atom. The lowest BCUT2D eigenvalue weighted by Crippen LogP contribution is -2.52. The minimum atomic E-state index is 0. The lowest BCUT2D eigenvalue weighted by Gasteiger charge is -2.41. The van der Waals surface area contributed by atoms with Crippen molar-refractivity contribution in [2.45, 2.75) is 141 Å². The van der Waals surface area contributed by atoms with Gasteiger partial charge in [-0.1, -0.05) is 76.7 Å². The summed E-state index contributed by atoms with van der Waals surface area (Å²) in [6.45, 7) is 33.7. The highest BCUT2D eigenvalue weighted by Gasteiger charge is 2.24. The first-order valence-electron chi connectivity index (χ1n) is 15.0. The second kappa shape index (κ2) is 20.7. The number of rotatable bonds is 4. The summed E-state index contributed by atoms with van der Waals surface area (Å²) in [5.74, 6) is 0. The number of piperazine rings is 1. The van der Waals surface area contributed by atoms with Crippen LogP contribution in [-0.2, 0) is 0 Å². The molecule has 0 aromatic carbocycles. The molecule has 38 heavy (non-hydrogen) atoms. The number of piperidine rings is 2. The molecule has 234 valence electrons. The first kappa shape index (κ1) is 42.3. The van der Waals surface area contributed by atoms with E-state index >= 15 is 0 Å². The summed E-state index contributed by atoms with van der Waals surface area (Å²) in [7, 11) is 2.19. The average molecular weight is 543 g/mol. The molecule has 3 fully saturated rings. The Morgan fingerprint density at radius 3 is 1.03 bits per heavy atom. The minimum absolute atomic E-state index is 0. The van der Waals surface area contributed by atoms with Crippen LogP contribution < -0.4 is 0 Å². The Morgan fingerprint density at radius 1 is 0.447 bits per heavy atom. The predicted molar refractivity (Wildman–Crippen MR) is 178 cm³/mol. The monoisotopic (exact) mass is 543 g/mol. The molecule has 0 amide bonds. The van der Waals surface area contributed by atoms with Crippen LogP contribution in [0.1, 0.15) is 136 Å². The van der Waals surface area contributed by atoms with Crippen molar-refractivity contribution in [2.75, 3.05) is 72.5 Å². The molecule has 0 N–H and O–H groups in total. The van der Waals surface area contributed by atoms with E-state index in [1.807, 2.05) is 0 Å². The molecular formula is C34H78N4. The SMILES string of the molecule is C.C.C.CC(C)(C)CCN1CCCCC1.CC(C)(C)CCN1CCCCC1.CN1CCN(C(C)(C)C)CC1. The molecule has 0 atom stereocenters. The molecular weight excluding hydrogens is 464 g/mol. The fourth-order valence-electron chi connectivity index (χ4n) is 4.83. The molecule has 0 saturated carbocycles. The van der Waals surface area contributed by atoms with E-state index in [4.69, 9.17) is 0 Å². The van der Waals surface area contributed by atoms with Crippen LogP contribution in [0.25, 0.3) is 0 Å². The molecule has 0 radical (unpaired) electrons. The van der Waals surface area contributed by atoms with Crippen LogP contribution >= 0.6 is 0 Å². The largest absolute Gasteiger partial charge is 0.304 e. The van der Waals surface area contributed by atoms with Crippen molar-refractivity contribution in [3.63, 3.8) is 0 Å². The van der Waals surface area contributed by atoms with E-state index in [9.17, 15) is 0 Å². The number of hydrogen-bond acceptors (Lipinski definition) is 4. The molecule has 4 nitrogen and oxygen atoms in total. The third kappa shape index (κ3) is 22.6. The summed E-state index contributed by atoms with van der Waals surface area (Å²) in [6, 6.07) is 0. The van der Waals surface area contributed by atoms with E-state index in [0.717, 1.165) is 0 Å². The van der Waals surface area contributed by atoms with Gasteiger partial charge < -0.3 is 14.7 Å². The fraction of sp³-hybridized carbons (Fsp3) is 1.00. The van der Waals surface area contributed by atoms with Gasteiger partial charge in [0.25, 0.3) is 0 Å². The van der Waals surface area contributed by atoms with E-state index < -0.39 is 0 Å². The average Bonchev–Trinajstić information content (AvgIpc) is 2.77. The molecule has 3 saturated heterocycles. The van der Waals surface area contributed by atoms with Gasteiger partial charge in [0.1, 0.15) is 0 Å². The number of nitrogens with zero attached hydrogens (tertiary/aromatic N) is 4. The highest BCUT2D eigenvalue weighted by atomic mass is 15.3. The van der Waals surface area contributed by atoms with Crippen LogP contribution in [0.2, 0.25) is 0 Å². The zero-order valence-electron chi connectivity index (χ0n) is 26.0. The van der Waals surface area contributed by atoms with Crippen molar-refractivity contribution in [3.8, 4) is 0 Å². The van der Waals surface area contributed by atoms with Crippen LogP contribution in [-0.4, -0.2) is 97.6 Å². The minimum Gasteiger partial charge on any atom is -0.304 e. The highest BCUT2D eigenvalue weighted by Crippen LogP contribution is 2.21. The Hall–Kier alpha value is -0.160. The molecule has 3 aliphatic heterocycles. The summed E-state index contributed by atoms with van der Waals surface area (Å²) in [5, 5.41) is 0. The van der Waals surface area contributed by atoms with Crippen molar-refractivity contribution >= 4 is 0 Å². The van der Waals surface area contributed by atoms with E-state index in [-0.39, 0.29) is 22.3 Å². The van der Waals surface area contributed by atoms with E-state index in [1.165, 1.54) is 117 Å². The summed E-state index contributed by atoms with van der Waals surface area (Å²) in [4.78, 5) is 10.2. The number of hydrogen-bond donors (Lipinski definition) is 0. The first-order chi connectivity index (χ1) is 16.2. The van der Waals surface area contributed by atoms with Crippen molar-refractivity contribution in [1.82, 2.24) is 19.6 Å². The summed E-state index contributed by atoms with van der Waals surface area (Å²) < 4.78 is 0. The van der Waals surface area contributed by atoms with E-state index in [1.54, 1.807) is 0 Å². The Labute approximate surface area is 244 Å². The van der Waals surface area contributed by atoms with Crippen molar-refractivity contribution in [3.05, 3.63) is 0 Å². The first-order valence-corrected chi connectivity index (χ1v) is 15.0. The summed E-state index contributed by atoms with van der Waals surface area (Å²) >= 11 is 0. The van der Waals surface area contributed by atoms with Gasteiger partial charge in [-0.05, 0) is 116 Å². The topological polar surface area (TPSA) is 13.0 Å². The quantitative estimate of drug-likeness (QED) is 0.352. The molecule has 0 bridgehead atoms. The second-order valence-electron chi connectivity index (χ2n) is 14.9. The summed E-state index contributed by atoms with van der Waals surface area (Å²) in [6.07, 6.45) is 11.3. The van der Waals surface area contributed by atoms with Crippen molar-refractivity contribution in [2.24, 2.45) is 10.8 Å². The predicted octanol–water partition coefficient (Wildman–Crippen LogP) is 8.76.